The van der Waals surface area contributed by atoms with Gasteiger partial charge in [0, 0.05) is 24.9 Å². The van der Waals surface area contributed by atoms with Gasteiger partial charge in [0.15, 0.2) is 0 Å². The van der Waals surface area contributed by atoms with E-state index in [2.05, 4.69) is 23.9 Å². The number of benzene rings is 1. The van der Waals surface area contributed by atoms with E-state index in [-0.39, 0.29) is 0 Å². The summed E-state index contributed by atoms with van der Waals surface area (Å²) in [6.45, 7) is 9.14. The molecule has 0 aliphatic carbocycles. The Hall–Kier alpha value is -0.560. The standard InChI is InChI=1S/C15H26N2O2S2/c1-11(2)16-10-14-9-15(13(4)8-12(14)3)21(18,19)17-6-7-20-5/h8-9,11,16-17H,6-7,10H2,1-5H3. The summed E-state index contributed by atoms with van der Waals surface area (Å²) in [7, 11) is -3.43. The van der Waals surface area contributed by atoms with Gasteiger partial charge in [-0.1, -0.05) is 19.9 Å². The van der Waals surface area contributed by atoms with E-state index in [0.29, 0.717) is 24.0 Å². The van der Waals surface area contributed by atoms with Crippen molar-refractivity contribution in [2.45, 2.75) is 45.2 Å². The van der Waals surface area contributed by atoms with Crippen molar-refractivity contribution in [3.05, 3.63) is 28.8 Å². The van der Waals surface area contributed by atoms with Crippen molar-refractivity contribution >= 4 is 21.8 Å². The summed E-state index contributed by atoms with van der Waals surface area (Å²) in [6.07, 6.45) is 1.96. The Bertz CT molecular complexity index is 569. The van der Waals surface area contributed by atoms with Gasteiger partial charge in [-0.15, -0.1) is 0 Å². The molecule has 0 saturated carbocycles. The van der Waals surface area contributed by atoms with Gasteiger partial charge < -0.3 is 5.32 Å². The number of nitrogens with one attached hydrogen (secondary N) is 2. The third-order valence-corrected chi connectivity index (χ3v) is 5.44. The minimum Gasteiger partial charge on any atom is -0.310 e. The van der Waals surface area contributed by atoms with Crippen LogP contribution >= 0.6 is 11.8 Å². The first-order chi connectivity index (χ1) is 9.77. The monoisotopic (exact) mass is 330 g/mol. The van der Waals surface area contributed by atoms with Crippen LogP contribution in [0, 0.1) is 13.8 Å². The average molecular weight is 331 g/mol. The van der Waals surface area contributed by atoms with Crippen LogP contribution < -0.4 is 10.0 Å². The molecule has 0 aliphatic rings. The van der Waals surface area contributed by atoms with Gasteiger partial charge in [0.2, 0.25) is 10.0 Å². The van der Waals surface area contributed by atoms with Crippen LogP contribution in [0.3, 0.4) is 0 Å². The summed E-state index contributed by atoms with van der Waals surface area (Å²) < 4.78 is 27.4. The maximum atomic E-state index is 12.4. The van der Waals surface area contributed by atoms with Crippen LogP contribution in [0.5, 0.6) is 0 Å². The molecule has 0 saturated heterocycles. The van der Waals surface area contributed by atoms with Crippen molar-refractivity contribution in [1.82, 2.24) is 10.0 Å². The highest BCUT2D eigenvalue weighted by atomic mass is 32.2. The Balaban J connectivity index is 3.03. The molecule has 0 unspecified atom stereocenters. The van der Waals surface area contributed by atoms with Gasteiger partial charge in [-0.05, 0) is 42.9 Å². The quantitative estimate of drug-likeness (QED) is 0.719. The molecule has 0 heterocycles. The molecule has 6 heteroatoms. The second kappa shape index (κ2) is 8.17. The van der Waals surface area contributed by atoms with E-state index >= 15 is 0 Å². The van der Waals surface area contributed by atoms with Gasteiger partial charge in [0.25, 0.3) is 0 Å². The zero-order valence-electron chi connectivity index (χ0n) is 13.5. The van der Waals surface area contributed by atoms with Crippen LogP contribution in [0.1, 0.15) is 30.5 Å². The molecule has 1 aromatic carbocycles. The fourth-order valence-electron chi connectivity index (χ4n) is 2.02. The lowest BCUT2D eigenvalue weighted by Gasteiger charge is -2.15. The predicted molar refractivity (Wildman–Crippen MR) is 91.5 cm³/mol. The fourth-order valence-corrected chi connectivity index (χ4v) is 3.77. The zero-order valence-corrected chi connectivity index (χ0v) is 15.1. The maximum Gasteiger partial charge on any atom is 0.240 e. The summed E-state index contributed by atoms with van der Waals surface area (Å²) in [5, 5.41) is 3.33. The van der Waals surface area contributed by atoms with Crippen molar-refractivity contribution in [1.29, 1.82) is 0 Å². The van der Waals surface area contributed by atoms with E-state index in [0.717, 1.165) is 22.4 Å². The van der Waals surface area contributed by atoms with Crippen molar-refractivity contribution in [3.63, 3.8) is 0 Å². The third kappa shape index (κ3) is 5.62. The highest BCUT2D eigenvalue weighted by Crippen LogP contribution is 2.20. The molecule has 2 N–H and O–H groups in total. The minimum absolute atomic E-state index is 0.366. The van der Waals surface area contributed by atoms with Gasteiger partial charge in [-0.3, -0.25) is 0 Å². The molecule has 21 heavy (non-hydrogen) atoms. The van der Waals surface area contributed by atoms with Gasteiger partial charge >= 0.3 is 0 Å². The normalized spacial score (nSPS) is 12.1. The molecule has 0 fully saturated rings. The Kier molecular flexibility index (Phi) is 7.20. The van der Waals surface area contributed by atoms with Crippen LogP contribution in [0.4, 0.5) is 0 Å². The smallest absolute Gasteiger partial charge is 0.240 e. The fraction of sp³-hybridized carbons (Fsp3) is 0.600. The van der Waals surface area contributed by atoms with Gasteiger partial charge in [-0.2, -0.15) is 11.8 Å². The van der Waals surface area contributed by atoms with E-state index in [1.165, 1.54) is 0 Å². The molecule has 0 aromatic heterocycles. The van der Waals surface area contributed by atoms with Gasteiger partial charge in [0.05, 0.1) is 4.90 Å². The Labute approximate surface area is 133 Å². The molecule has 0 spiro atoms. The molecule has 1 rings (SSSR count). The highest BCUT2D eigenvalue weighted by Gasteiger charge is 2.18. The van der Waals surface area contributed by atoms with E-state index < -0.39 is 10.0 Å². The summed E-state index contributed by atoms with van der Waals surface area (Å²) in [4.78, 5) is 0.384. The van der Waals surface area contributed by atoms with Gasteiger partial charge in [-0.25, -0.2) is 13.1 Å². The Morgan fingerprint density at radius 2 is 1.86 bits per heavy atom. The van der Waals surface area contributed by atoms with Gasteiger partial charge in [0.1, 0.15) is 0 Å². The summed E-state index contributed by atoms with van der Waals surface area (Å²) in [5.41, 5.74) is 2.93. The SMILES string of the molecule is CSCCNS(=O)(=O)c1cc(CNC(C)C)c(C)cc1C. The minimum atomic E-state index is -3.43. The average Bonchev–Trinajstić information content (AvgIpc) is 2.37. The second-order valence-corrected chi connectivity index (χ2v) is 8.19. The molecule has 0 bridgehead atoms. The number of thioether (sulfide) groups is 1. The second-order valence-electron chi connectivity index (χ2n) is 5.47. The summed E-state index contributed by atoms with van der Waals surface area (Å²) >= 11 is 1.62. The van der Waals surface area contributed by atoms with Crippen LogP contribution in [-0.4, -0.2) is 33.0 Å². The molecule has 120 valence electrons. The molecule has 0 atom stereocenters. The van der Waals surface area contributed by atoms with E-state index in [9.17, 15) is 8.42 Å². The van der Waals surface area contributed by atoms with Crippen LogP contribution in [-0.2, 0) is 16.6 Å². The van der Waals surface area contributed by atoms with Crippen molar-refractivity contribution in [2.24, 2.45) is 0 Å². The number of hydrogen-bond donors (Lipinski definition) is 2. The van der Waals surface area contributed by atoms with E-state index in [1.54, 1.807) is 17.8 Å². The summed E-state index contributed by atoms with van der Waals surface area (Å²) in [6, 6.07) is 4.10. The number of aryl methyl sites for hydroxylation is 2. The van der Waals surface area contributed by atoms with Crippen LogP contribution in [0.2, 0.25) is 0 Å². The number of rotatable bonds is 8. The first kappa shape index (κ1) is 18.5. The Morgan fingerprint density at radius 1 is 1.19 bits per heavy atom. The van der Waals surface area contributed by atoms with E-state index in [4.69, 9.17) is 0 Å². The topological polar surface area (TPSA) is 58.2 Å². The lowest BCUT2D eigenvalue weighted by molar-refractivity contribution is 0.579. The Morgan fingerprint density at radius 3 is 2.43 bits per heavy atom. The third-order valence-electron chi connectivity index (χ3n) is 3.22. The van der Waals surface area contributed by atoms with Crippen molar-refractivity contribution in [2.75, 3.05) is 18.6 Å². The molecule has 4 nitrogen and oxygen atoms in total. The lowest BCUT2D eigenvalue weighted by atomic mass is 10.1. The molecule has 0 amide bonds. The van der Waals surface area contributed by atoms with Crippen molar-refractivity contribution in [3.8, 4) is 0 Å². The van der Waals surface area contributed by atoms with Crippen molar-refractivity contribution < 1.29 is 8.42 Å². The maximum absolute atomic E-state index is 12.4. The highest BCUT2D eigenvalue weighted by molar-refractivity contribution is 7.98. The number of sulfonamides is 1. The molecule has 1 aromatic rings. The molecular weight excluding hydrogens is 304 g/mol. The van der Waals surface area contributed by atoms with E-state index in [1.807, 2.05) is 26.2 Å². The lowest BCUT2D eigenvalue weighted by Crippen LogP contribution is -2.27. The molecule has 0 radical (unpaired) electrons. The first-order valence-electron chi connectivity index (χ1n) is 7.10. The zero-order chi connectivity index (χ0) is 16.0. The first-order valence-corrected chi connectivity index (χ1v) is 9.97. The predicted octanol–water partition coefficient (Wildman–Crippen LogP) is 2.44. The largest absolute Gasteiger partial charge is 0.310 e. The summed E-state index contributed by atoms with van der Waals surface area (Å²) in [5.74, 6) is 0.770. The number of hydrogen-bond acceptors (Lipinski definition) is 4. The van der Waals surface area contributed by atoms with Crippen LogP contribution in [0.25, 0.3) is 0 Å². The molecule has 0 aliphatic heterocycles. The van der Waals surface area contributed by atoms with Crippen LogP contribution in [0.15, 0.2) is 17.0 Å². The molecular formula is C15H26N2O2S2.